The third-order valence-electron chi connectivity index (χ3n) is 8.64. The summed E-state index contributed by atoms with van der Waals surface area (Å²) in [6.45, 7) is 5.18. The first-order valence-corrected chi connectivity index (χ1v) is 20.2. The second kappa shape index (κ2) is 34.3. The van der Waals surface area contributed by atoms with Gasteiger partial charge in [0.1, 0.15) is 24.7 Å². The van der Waals surface area contributed by atoms with Crippen molar-refractivity contribution in [3.8, 4) is 5.75 Å². The van der Waals surface area contributed by atoms with E-state index < -0.39 is 17.9 Å². The molecule has 1 aromatic carbocycles. The highest BCUT2D eigenvalue weighted by Crippen LogP contribution is 2.17. The first-order chi connectivity index (χ1) is 27.1. The molecule has 1 aromatic rings. The second-order valence-corrected chi connectivity index (χ2v) is 13.6. The smallest absolute Gasteiger partial charge is 0.335 e. The first kappa shape index (κ1) is 50.1. The standard InChI is InChI=1S/C41H66N2O13/c1-2-21-42-39(47)32-55-29-26-52-23-12-14-36(45)31-54-28-27-53-25-22-43-38(46)20-17-34(41(50)51)30-35(44)13-10-8-6-4-3-5-7-9-11-24-56-37-18-15-33(16-19-37)40(48)49/h15-16,18-19,34H,2-14,17,20-32H2,1H3,(H,42,47)(H,43,46)(H,48,49)(H,50,51)/t34-/m1/s1. The van der Waals surface area contributed by atoms with Gasteiger partial charge in [0.2, 0.25) is 11.8 Å². The van der Waals surface area contributed by atoms with Gasteiger partial charge in [0.15, 0.2) is 5.78 Å². The van der Waals surface area contributed by atoms with Gasteiger partial charge in [-0.2, -0.15) is 0 Å². The Balaban J connectivity index is 1.94. The number of nitrogens with one attached hydrogen (secondary N) is 2. The third kappa shape index (κ3) is 29.4. The Morgan fingerprint density at radius 3 is 1.79 bits per heavy atom. The SMILES string of the molecule is CCCNC(=O)COCCOCCCC(=O)COCCOCCNC(=O)CC[C@H](CC(=O)CCCCCCCCCCCOc1ccc(C(=O)O)cc1)C(=O)O. The van der Waals surface area contributed by atoms with E-state index in [1.54, 1.807) is 12.1 Å². The fourth-order valence-electron chi connectivity index (χ4n) is 5.44. The van der Waals surface area contributed by atoms with Crippen LogP contribution in [0.25, 0.3) is 0 Å². The van der Waals surface area contributed by atoms with Gasteiger partial charge in [-0.15, -0.1) is 0 Å². The molecule has 318 valence electrons. The van der Waals surface area contributed by atoms with Gasteiger partial charge in [-0.3, -0.25) is 24.0 Å². The van der Waals surface area contributed by atoms with Crippen molar-refractivity contribution in [2.24, 2.45) is 5.92 Å². The predicted molar refractivity (Wildman–Crippen MR) is 209 cm³/mol. The van der Waals surface area contributed by atoms with Crippen LogP contribution in [-0.2, 0) is 42.9 Å². The fraction of sp³-hybridized carbons (Fsp3) is 0.707. The molecule has 0 heterocycles. The number of carbonyl (C=O) groups is 6. The van der Waals surface area contributed by atoms with Gasteiger partial charge in [0.05, 0.1) is 51.1 Å². The molecule has 15 nitrogen and oxygen atoms in total. The lowest BCUT2D eigenvalue weighted by atomic mass is 9.94. The van der Waals surface area contributed by atoms with Crippen LogP contribution >= 0.6 is 0 Å². The van der Waals surface area contributed by atoms with E-state index in [0.717, 1.165) is 64.2 Å². The van der Waals surface area contributed by atoms with Crippen LogP contribution in [0.2, 0.25) is 0 Å². The number of carboxylic acid groups (broad SMARTS) is 2. The lowest BCUT2D eigenvalue weighted by molar-refractivity contribution is -0.144. The van der Waals surface area contributed by atoms with Crippen LogP contribution in [0.1, 0.15) is 120 Å². The summed E-state index contributed by atoms with van der Waals surface area (Å²) in [5.41, 5.74) is 0.236. The molecule has 0 aromatic heterocycles. The van der Waals surface area contributed by atoms with Crippen molar-refractivity contribution < 1.29 is 62.7 Å². The number of ether oxygens (including phenoxy) is 5. The number of benzene rings is 1. The van der Waals surface area contributed by atoms with Gasteiger partial charge in [-0.1, -0.05) is 51.9 Å². The minimum atomic E-state index is -1.08. The molecular weight excluding hydrogens is 728 g/mol. The topological polar surface area (TPSA) is 213 Å². The Labute approximate surface area is 331 Å². The molecule has 0 radical (unpaired) electrons. The molecule has 56 heavy (non-hydrogen) atoms. The summed E-state index contributed by atoms with van der Waals surface area (Å²) in [7, 11) is 0. The lowest BCUT2D eigenvalue weighted by Crippen LogP contribution is -2.29. The molecule has 0 aliphatic heterocycles. The van der Waals surface area contributed by atoms with E-state index in [0.29, 0.717) is 58.0 Å². The number of aromatic carboxylic acids is 1. The number of aliphatic carboxylic acids is 1. The van der Waals surface area contributed by atoms with Crippen LogP contribution in [-0.4, -0.2) is 118 Å². The maximum Gasteiger partial charge on any atom is 0.335 e. The molecule has 0 saturated heterocycles. The molecule has 0 unspecified atom stereocenters. The molecular formula is C41H66N2O13. The number of Topliss-reactive ketones (excluding diaryl/α,β-unsaturated/α-hetero) is 2. The van der Waals surface area contributed by atoms with Crippen molar-refractivity contribution in [2.75, 3.05) is 72.6 Å². The van der Waals surface area contributed by atoms with E-state index >= 15 is 0 Å². The molecule has 15 heteroatoms. The van der Waals surface area contributed by atoms with Gasteiger partial charge in [-0.05, 0) is 56.4 Å². The van der Waals surface area contributed by atoms with Crippen LogP contribution in [0.15, 0.2) is 24.3 Å². The minimum absolute atomic E-state index is 0.00114. The highest BCUT2D eigenvalue weighted by molar-refractivity contribution is 5.87. The maximum absolute atomic E-state index is 12.4. The molecule has 0 aliphatic carbocycles. The average molecular weight is 795 g/mol. The Bertz CT molecular complexity index is 1240. The summed E-state index contributed by atoms with van der Waals surface area (Å²) in [6.07, 6.45) is 11.2. The molecule has 4 N–H and O–H groups in total. The molecule has 0 saturated carbocycles. The Hall–Kier alpha value is -3.92. The van der Waals surface area contributed by atoms with Crippen molar-refractivity contribution in [1.29, 1.82) is 0 Å². The van der Waals surface area contributed by atoms with Crippen LogP contribution in [0, 0.1) is 5.92 Å². The fourth-order valence-corrected chi connectivity index (χ4v) is 5.44. The van der Waals surface area contributed by atoms with Crippen molar-refractivity contribution in [1.82, 2.24) is 10.6 Å². The van der Waals surface area contributed by atoms with Crippen molar-refractivity contribution >= 4 is 35.3 Å². The van der Waals surface area contributed by atoms with Gasteiger partial charge >= 0.3 is 11.9 Å². The van der Waals surface area contributed by atoms with E-state index in [1.807, 2.05) is 6.92 Å². The zero-order valence-electron chi connectivity index (χ0n) is 33.4. The van der Waals surface area contributed by atoms with Crippen LogP contribution in [0.3, 0.4) is 0 Å². The summed E-state index contributed by atoms with van der Waals surface area (Å²) in [6, 6.07) is 6.39. The van der Waals surface area contributed by atoms with Gasteiger partial charge in [-0.25, -0.2) is 4.79 Å². The van der Waals surface area contributed by atoms with Crippen LogP contribution in [0.5, 0.6) is 5.75 Å². The van der Waals surface area contributed by atoms with E-state index in [9.17, 15) is 33.9 Å². The molecule has 0 spiro atoms. The normalized spacial score (nSPS) is 11.5. The maximum atomic E-state index is 12.4. The summed E-state index contributed by atoms with van der Waals surface area (Å²) in [5, 5.41) is 23.9. The number of amides is 2. The number of rotatable bonds is 39. The number of hydrogen-bond donors (Lipinski definition) is 4. The summed E-state index contributed by atoms with van der Waals surface area (Å²) in [4.78, 5) is 70.6. The Kier molecular flexibility index (Phi) is 30.7. The average Bonchev–Trinajstić information content (AvgIpc) is 3.18. The molecule has 0 fully saturated rings. The number of hydrogen-bond acceptors (Lipinski definition) is 11. The second-order valence-electron chi connectivity index (χ2n) is 13.6. The zero-order valence-corrected chi connectivity index (χ0v) is 33.4. The zero-order chi connectivity index (χ0) is 41.1. The highest BCUT2D eigenvalue weighted by atomic mass is 16.5. The van der Waals surface area contributed by atoms with E-state index in [-0.39, 0.29) is 87.8 Å². The van der Waals surface area contributed by atoms with Gasteiger partial charge < -0.3 is 44.5 Å². The predicted octanol–water partition coefficient (Wildman–Crippen LogP) is 5.16. The number of carboxylic acids is 2. The Morgan fingerprint density at radius 1 is 0.571 bits per heavy atom. The van der Waals surface area contributed by atoms with Gasteiger partial charge in [0, 0.05) is 45.4 Å². The van der Waals surface area contributed by atoms with E-state index in [1.165, 1.54) is 12.1 Å². The minimum Gasteiger partial charge on any atom is -0.494 e. The lowest BCUT2D eigenvalue weighted by Gasteiger charge is -2.12. The van der Waals surface area contributed by atoms with E-state index in [2.05, 4.69) is 10.6 Å². The number of ketones is 2. The Morgan fingerprint density at radius 2 is 1.14 bits per heavy atom. The quantitative estimate of drug-likeness (QED) is 0.0635. The van der Waals surface area contributed by atoms with Crippen molar-refractivity contribution in [3.05, 3.63) is 29.8 Å². The first-order valence-electron chi connectivity index (χ1n) is 20.2. The number of unbranched alkanes of at least 4 members (excludes halogenated alkanes) is 8. The highest BCUT2D eigenvalue weighted by Gasteiger charge is 2.22. The van der Waals surface area contributed by atoms with Crippen LogP contribution in [0.4, 0.5) is 0 Å². The summed E-state index contributed by atoms with van der Waals surface area (Å²) in [5.74, 6) is -2.86. The van der Waals surface area contributed by atoms with Crippen LogP contribution < -0.4 is 15.4 Å². The van der Waals surface area contributed by atoms with Crippen molar-refractivity contribution in [3.63, 3.8) is 0 Å². The summed E-state index contributed by atoms with van der Waals surface area (Å²) >= 11 is 0. The van der Waals surface area contributed by atoms with Crippen molar-refractivity contribution in [2.45, 2.75) is 110 Å². The largest absolute Gasteiger partial charge is 0.494 e. The summed E-state index contributed by atoms with van der Waals surface area (Å²) < 4.78 is 27.0. The molecule has 0 aliphatic rings. The number of carbonyl (C=O) groups excluding carboxylic acids is 4. The monoisotopic (exact) mass is 794 g/mol. The molecule has 1 rings (SSSR count). The van der Waals surface area contributed by atoms with E-state index in [4.69, 9.17) is 28.8 Å². The molecule has 1 atom stereocenters. The molecule has 0 bridgehead atoms. The van der Waals surface area contributed by atoms with Gasteiger partial charge in [0.25, 0.3) is 0 Å². The molecule has 2 amide bonds. The third-order valence-corrected chi connectivity index (χ3v) is 8.64.